The molecule has 0 bridgehead atoms. The zero-order chi connectivity index (χ0) is 10.7. The molecule has 1 aromatic rings. The van der Waals surface area contributed by atoms with Crippen molar-refractivity contribution in [3.8, 4) is 0 Å². The number of hydrogen-bond donors (Lipinski definition) is 2. The predicted octanol–water partition coefficient (Wildman–Crippen LogP) is 1.08. The van der Waals surface area contributed by atoms with Crippen molar-refractivity contribution in [2.45, 2.75) is 18.9 Å². The molecule has 1 aliphatic carbocycles. The number of anilines is 2. The highest BCUT2D eigenvalue weighted by molar-refractivity contribution is 5.48. The van der Waals surface area contributed by atoms with Gasteiger partial charge in [0, 0.05) is 19.6 Å². The maximum atomic E-state index is 9.02. The van der Waals surface area contributed by atoms with E-state index < -0.39 is 0 Å². The Kier molecular flexibility index (Phi) is 3.06. The fourth-order valence-electron chi connectivity index (χ4n) is 1.70. The van der Waals surface area contributed by atoms with E-state index in [4.69, 9.17) is 5.11 Å². The van der Waals surface area contributed by atoms with Crippen molar-refractivity contribution in [1.82, 2.24) is 4.98 Å². The number of aliphatic hydroxyl groups excluding tert-OH is 1. The number of nitrogens with zero attached hydrogens (tertiary/aromatic N) is 2. The molecule has 1 saturated carbocycles. The Morgan fingerprint density at radius 3 is 2.93 bits per heavy atom. The average molecular weight is 207 g/mol. The van der Waals surface area contributed by atoms with Crippen molar-refractivity contribution in [3.05, 3.63) is 18.2 Å². The minimum atomic E-state index is 0.183. The smallest absolute Gasteiger partial charge is 0.131 e. The van der Waals surface area contributed by atoms with E-state index >= 15 is 0 Å². The number of aromatic nitrogens is 1. The Labute approximate surface area is 89.9 Å². The lowest BCUT2D eigenvalue weighted by Gasteiger charge is -2.22. The highest BCUT2D eigenvalue weighted by atomic mass is 16.3. The van der Waals surface area contributed by atoms with Gasteiger partial charge in [0.05, 0.1) is 6.61 Å². The highest BCUT2D eigenvalue weighted by Gasteiger charge is 2.29. The lowest BCUT2D eigenvalue weighted by atomic mass is 10.4. The van der Waals surface area contributed by atoms with Gasteiger partial charge in [0.25, 0.3) is 0 Å². The molecular weight excluding hydrogens is 190 g/mol. The first-order valence-electron chi connectivity index (χ1n) is 5.37. The summed E-state index contributed by atoms with van der Waals surface area (Å²) in [5.41, 5.74) is 0. The Bertz CT molecular complexity index is 325. The van der Waals surface area contributed by atoms with Gasteiger partial charge in [0.15, 0.2) is 0 Å². The molecule has 2 N–H and O–H groups in total. The number of nitrogens with one attached hydrogen (secondary N) is 1. The summed E-state index contributed by atoms with van der Waals surface area (Å²) in [7, 11) is 1.86. The molecule has 2 rings (SSSR count). The summed E-state index contributed by atoms with van der Waals surface area (Å²) in [6, 6.07) is 6.50. The fraction of sp³-hybridized carbons (Fsp3) is 0.545. The number of hydrogen-bond acceptors (Lipinski definition) is 4. The zero-order valence-corrected chi connectivity index (χ0v) is 8.98. The van der Waals surface area contributed by atoms with Crippen LogP contribution in [-0.4, -0.2) is 36.3 Å². The van der Waals surface area contributed by atoms with Crippen molar-refractivity contribution >= 4 is 11.6 Å². The monoisotopic (exact) mass is 207 g/mol. The maximum absolute atomic E-state index is 9.02. The van der Waals surface area contributed by atoms with Gasteiger partial charge in [-0.25, -0.2) is 4.98 Å². The number of aliphatic hydroxyl groups is 1. The van der Waals surface area contributed by atoms with E-state index in [-0.39, 0.29) is 6.61 Å². The summed E-state index contributed by atoms with van der Waals surface area (Å²) in [6.07, 6.45) is 2.43. The van der Waals surface area contributed by atoms with Crippen LogP contribution >= 0.6 is 0 Å². The first-order valence-corrected chi connectivity index (χ1v) is 5.37. The molecular formula is C11H17N3O. The van der Waals surface area contributed by atoms with Crippen molar-refractivity contribution < 1.29 is 5.11 Å². The molecule has 0 amide bonds. The van der Waals surface area contributed by atoms with Crippen molar-refractivity contribution in [2.75, 3.05) is 30.4 Å². The molecule has 1 aromatic heterocycles. The van der Waals surface area contributed by atoms with E-state index in [2.05, 4.69) is 15.2 Å². The summed E-state index contributed by atoms with van der Waals surface area (Å²) < 4.78 is 0. The van der Waals surface area contributed by atoms with Crippen LogP contribution in [0.4, 0.5) is 11.6 Å². The van der Waals surface area contributed by atoms with Gasteiger partial charge in [0.2, 0.25) is 0 Å². The third-order valence-electron chi connectivity index (χ3n) is 2.61. The first kappa shape index (κ1) is 10.2. The number of pyridine rings is 1. The van der Waals surface area contributed by atoms with Crippen LogP contribution in [0.2, 0.25) is 0 Å². The Balaban J connectivity index is 2.16. The van der Waals surface area contributed by atoms with E-state index in [1.807, 2.05) is 25.2 Å². The van der Waals surface area contributed by atoms with Crippen LogP contribution in [0, 0.1) is 0 Å². The predicted molar refractivity (Wildman–Crippen MR) is 61.2 cm³/mol. The molecule has 15 heavy (non-hydrogen) atoms. The van der Waals surface area contributed by atoms with Crippen molar-refractivity contribution in [1.29, 1.82) is 0 Å². The van der Waals surface area contributed by atoms with Gasteiger partial charge in [-0.1, -0.05) is 6.07 Å². The minimum absolute atomic E-state index is 0.183. The van der Waals surface area contributed by atoms with Crippen molar-refractivity contribution in [3.63, 3.8) is 0 Å². The third-order valence-corrected chi connectivity index (χ3v) is 2.61. The van der Waals surface area contributed by atoms with E-state index in [0.29, 0.717) is 12.6 Å². The van der Waals surface area contributed by atoms with Gasteiger partial charge in [-0.05, 0) is 25.0 Å². The SMILES string of the molecule is CNc1cccc(N(CCO)C2CC2)n1. The quantitative estimate of drug-likeness (QED) is 0.758. The second-order valence-electron chi connectivity index (χ2n) is 3.78. The second kappa shape index (κ2) is 4.49. The summed E-state index contributed by atoms with van der Waals surface area (Å²) in [5.74, 6) is 1.83. The van der Waals surface area contributed by atoms with Crippen LogP contribution in [0.1, 0.15) is 12.8 Å². The molecule has 0 aliphatic heterocycles. The Morgan fingerprint density at radius 2 is 2.33 bits per heavy atom. The molecule has 0 saturated heterocycles. The largest absolute Gasteiger partial charge is 0.395 e. The van der Waals surface area contributed by atoms with Gasteiger partial charge in [0.1, 0.15) is 11.6 Å². The molecule has 82 valence electrons. The van der Waals surface area contributed by atoms with E-state index in [0.717, 1.165) is 11.6 Å². The van der Waals surface area contributed by atoms with E-state index in [1.54, 1.807) is 0 Å². The first-order chi connectivity index (χ1) is 7.35. The van der Waals surface area contributed by atoms with E-state index in [1.165, 1.54) is 12.8 Å². The average Bonchev–Trinajstić information content (AvgIpc) is 3.10. The maximum Gasteiger partial charge on any atom is 0.131 e. The van der Waals surface area contributed by atoms with Crippen LogP contribution in [0.25, 0.3) is 0 Å². The molecule has 0 spiro atoms. The van der Waals surface area contributed by atoms with Gasteiger partial charge in [-0.3, -0.25) is 0 Å². The Hall–Kier alpha value is -1.29. The molecule has 1 fully saturated rings. The van der Waals surface area contributed by atoms with Crippen LogP contribution in [-0.2, 0) is 0 Å². The van der Waals surface area contributed by atoms with Crippen LogP contribution < -0.4 is 10.2 Å². The molecule has 4 heteroatoms. The molecule has 4 nitrogen and oxygen atoms in total. The van der Waals surface area contributed by atoms with E-state index in [9.17, 15) is 0 Å². The van der Waals surface area contributed by atoms with Gasteiger partial charge in [-0.2, -0.15) is 0 Å². The second-order valence-corrected chi connectivity index (χ2v) is 3.78. The summed E-state index contributed by atoms with van der Waals surface area (Å²) >= 11 is 0. The van der Waals surface area contributed by atoms with Gasteiger partial charge >= 0.3 is 0 Å². The number of rotatable bonds is 5. The van der Waals surface area contributed by atoms with Crippen LogP contribution in [0.15, 0.2) is 18.2 Å². The summed E-state index contributed by atoms with van der Waals surface area (Å²) in [4.78, 5) is 6.66. The Morgan fingerprint density at radius 1 is 1.53 bits per heavy atom. The van der Waals surface area contributed by atoms with Crippen LogP contribution in [0.5, 0.6) is 0 Å². The normalized spacial score (nSPS) is 15.1. The summed E-state index contributed by atoms with van der Waals surface area (Å²) in [6.45, 7) is 0.854. The molecule has 0 aromatic carbocycles. The molecule has 1 heterocycles. The molecule has 1 aliphatic rings. The van der Waals surface area contributed by atoms with Crippen molar-refractivity contribution in [2.24, 2.45) is 0 Å². The third kappa shape index (κ3) is 2.39. The summed E-state index contributed by atoms with van der Waals surface area (Å²) in [5, 5.41) is 12.0. The lowest BCUT2D eigenvalue weighted by Crippen LogP contribution is -2.29. The zero-order valence-electron chi connectivity index (χ0n) is 8.98. The minimum Gasteiger partial charge on any atom is -0.395 e. The molecule has 0 unspecified atom stereocenters. The topological polar surface area (TPSA) is 48.4 Å². The molecule has 0 atom stereocenters. The van der Waals surface area contributed by atoms with Crippen LogP contribution in [0.3, 0.4) is 0 Å². The lowest BCUT2D eigenvalue weighted by molar-refractivity contribution is 0.301. The van der Waals surface area contributed by atoms with Gasteiger partial charge < -0.3 is 15.3 Å². The standard InChI is InChI=1S/C11H17N3O/c1-12-10-3-2-4-11(13-10)14(7-8-15)9-5-6-9/h2-4,9,15H,5-8H2,1H3,(H,12,13). The highest BCUT2D eigenvalue weighted by Crippen LogP contribution is 2.30. The fourth-order valence-corrected chi connectivity index (χ4v) is 1.70. The molecule has 0 radical (unpaired) electrons. The van der Waals surface area contributed by atoms with Gasteiger partial charge in [-0.15, -0.1) is 0 Å².